The van der Waals surface area contributed by atoms with E-state index in [4.69, 9.17) is 0 Å². The Morgan fingerprint density at radius 2 is 2.14 bits per heavy atom. The number of nitrogens with one attached hydrogen (secondary N) is 1. The second-order valence-corrected chi connectivity index (χ2v) is 7.32. The van der Waals surface area contributed by atoms with Crippen molar-refractivity contribution in [1.82, 2.24) is 4.31 Å². The third-order valence-corrected chi connectivity index (χ3v) is 5.49. The number of nitrogens with zero attached hydrogens (tertiary/aromatic N) is 1. The van der Waals surface area contributed by atoms with Crippen LogP contribution in [0.5, 0.6) is 0 Å². The number of benzene rings is 1. The summed E-state index contributed by atoms with van der Waals surface area (Å²) in [6, 6.07) is 5.93. The number of anilines is 1. The molecular formula is C14H19FN2O3S. The van der Waals surface area contributed by atoms with Crippen LogP contribution in [-0.4, -0.2) is 37.5 Å². The summed E-state index contributed by atoms with van der Waals surface area (Å²) in [6.07, 6.45) is 1.24. The molecule has 1 aliphatic rings. The van der Waals surface area contributed by atoms with Gasteiger partial charge in [0, 0.05) is 13.1 Å². The van der Waals surface area contributed by atoms with E-state index in [2.05, 4.69) is 5.32 Å². The van der Waals surface area contributed by atoms with E-state index in [1.54, 1.807) is 19.1 Å². The van der Waals surface area contributed by atoms with Crippen molar-refractivity contribution in [3.05, 3.63) is 30.1 Å². The molecule has 0 saturated carbocycles. The Kier molecular flexibility index (Phi) is 4.95. The Hall–Kier alpha value is -1.47. The van der Waals surface area contributed by atoms with Gasteiger partial charge in [-0.25, -0.2) is 17.1 Å². The lowest BCUT2D eigenvalue weighted by Crippen LogP contribution is -2.44. The van der Waals surface area contributed by atoms with Crippen LogP contribution in [0.2, 0.25) is 0 Å². The van der Waals surface area contributed by atoms with Gasteiger partial charge in [-0.05, 0) is 31.9 Å². The monoisotopic (exact) mass is 314 g/mol. The molecular weight excluding hydrogens is 295 g/mol. The summed E-state index contributed by atoms with van der Waals surface area (Å²) in [6.45, 7) is 2.19. The zero-order valence-corrected chi connectivity index (χ0v) is 12.7. The first-order valence-corrected chi connectivity index (χ1v) is 8.58. The molecule has 7 heteroatoms. The molecule has 1 atom stereocenters. The van der Waals surface area contributed by atoms with Crippen molar-refractivity contribution in [1.29, 1.82) is 0 Å². The van der Waals surface area contributed by atoms with Crippen LogP contribution in [0.3, 0.4) is 0 Å². The van der Waals surface area contributed by atoms with Crippen molar-refractivity contribution in [2.45, 2.75) is 19.8 Å². The van der Waals surface area contributed by atoms with Crippen LogP contribution in [0.4, 0.5) is 10.1 Å². The molecule has 0 aliphatic carbocycles. The summed E-state index contributed by atoms with van der Waals surface area (Å²) < 4.78 is 38.6. The second-order valence-electron chi connectivity index (χ2n) is 5.07. The molecule has 1 fully saturated rings. The fourth-order valence-corrected chi connectivity index (χ4v) is 3.57. The molecule has 116 valence electrons. The van der Waals surface area contributed by atoms with E-state index in [0.717, 1.165) is 0 Å². The number of carbonyl (C=O) groups is 1. The predicted molar refractivity (Wildman–Crippen MR) is 78.8 cm³/mol. The highest BCUT2D eigenvalue weighted by Gasteiger charge is 2.31. The zero-order valence-electron chi connectivity index (χ0n) is 11.9. The topological polar surface area (TPSA) is 66.5 Å². The quantitative estimate of drug-likeness (QED) is 0.922. The molecule has 5 nitrogen and oxygen atoms in total. The number of sulfonamides is 1. The van der Waals surface area contributed by atoms with E-state index in [0.29, 0.717) is 19.4 Å². The Morgan fingerprint density at radius 3 is 2.81 bits per heavy atom. The Balaban J connectivity index is 2.05. The van der Waals surface area contributed by atoms with Crippen LogP contribution < -0.4 is 5.32 Å². The minimum Gasteiger partial charge on any atom is -0.323 e. The summed E-state index contributed by atoms with van der Waals surface area (Å²) in [4.78, 5) is 12.2. The number of rotatable bonds is 4. The normalized spacial score (nSPS) is 20.2. The van der Waals surface area contributed by atoms with Crippen molar-refractivity contribution in [3.8, 4) is 0 Å². The third kappa shape index (κ3) is 3.79. The molecule has 1 N–H and O–H groups in total. The number of piperidine rings is 1. The van der Waals surface area contributed by atoms with E-state index in [9.17, 15) is 17.6 Å². The smallest absolute Gasteiger partial charge is 0.228 e. The second kappa shape index (κ2) is 6.53. The molecule has 1 aromatic carbocycles. The Labute approximate surface area is 124 Å². The SMILES string of the molecule is CCS(=O)(=O)N1CCCC(C(=O)Nc2ccccc2F)C1. The van der Waals surface area contributed by atoms with Gasteiger partial charge in [0.2, 0.25) is 15.9 Å². The van der Waals surface area contributed by atoms with Crippen molar-refractivity contribution in [2.24, 2.45) is 5.92 Å². The van der Waals surface area contributed by atoms with Gasteiger partial charge in [0.25, 0.3) is 0 Å². The van der Waals surface area contributed by atoms with E-state index >= 15 is 0 Å². The lowest BCUT2D eigenvalue weighted by molar-refractivity contribution is -0.120. The van der Waals surface area contributed by atoms with Crippen LogP contribution in [0.15, 0.2) is 24.3 Å². The minimum absolute atomic E-state index is 0.0225. The standard InChI is InChI=1S/C14H19FN2O3S/c1-2-21(19,20)17-9-5-6-11(10-17)14(18)16-13-8-4-3-7-12(13)15/h3-4,7-8,11H,2,5-6,9-10H2,1H3,(H,16,18). The third-order valence-electron chi connectivity index (χ3n) is 3.64. The van der Waals surface area contributed by atoms with Crippen molar-refractivity contribution in [3.63, 3.8) is 0 Å². The maximum absolute atomic E-state index is 13.5. The summed E-state index contributed by atoms with van der Waals surface area (Å²) in [7, 11) is -3.29. The highest BCUT2D eigenvalue weighted by molar-refractivity contribution is 7.89. The lowest BCUT2D eigenvalue weighted by atomic mass is 9.98. The van der Waals surface area contributed by atoms with Crippen LogP contribution in [0.25, 0.3) is 0 Å². The van der Waals surface area contributed by atoms with Crippen LogP contribution in [0.1, 0.15) is 19.8 Å². The molecule has 0 radical (unpaired) electrons. The molecule has 0 spiro atoms. The Bertz CT molecular complexity index is 618. The van der Waals surface area contributed by atoms with Gasteiger partial charge in [-0.1, -0.05) is 12.1 Å². The summed E-state index contributed by atoms with van der Waals surface area (Å²) >= 11 is 0. The molecule has 21 heavy (non-hydrogen) atoms. The van der Waals surface area contributed by atoms with E-state index in [-0.39, 0.29) is 23.9 Å². The molecule has 0 aromatic heterocycles. The van der Waals surface area contributed by atoms with Gasteiger partial charge < -0.3 is 5.32 Å². The minimum atomic E-state index is -3.29. The molecule has 2 rings (SSSR count). The molecule has 1 heterocycles. The van der Waals surface area contributed by atoms with Gasteiger partial charge in [0.05, 0.1) is 17.4 Å². The number of hydrogen-bond acceptors (Lipinski definition) is 3. The fourth-order valence-electron chi connectivity index (χ4n) is 2.39. The Morgan fingerprint density at radius 1 is 1.43 bits per heavy atom. The van der Waals surface area contributed by atoms with Gasteiger partial charge in [-0.15, -0.1) is 0 Å². The fraction of sp³-hybridized carbons (Fsp3) is 0.500. The first kappa shape index (κ1) is 15.9. The van der Waals surface area contributed by atoms with Gasteiger partial charge in [-0.2, -0.15) is 0 Å². The number of amides is 1. The first-order valence-electron chi connectivity index (χ1n) is 6.97. The molecule has 1 amide bonds. The molecule has 0 bridgehead atoms. The molecule has 1 aliphatic heterocycles. The number of hydrogen-bond donors (Lipinski definition) is 1. The molecule has 1 aromatic rings. The molecule has 1 unspecified atom stereocenters. The lowest BCUT2D eigenvalue weighted by Gasteiger charge is -2.30. The first-order chi connectivity index (χ1) is 9.94. The van der Waals surface area contributed by atoms with E-state index in [1.165, 1.54) is 16.4 Å². The van der Waals surface area contributed by atoms with E-state index in [1.807, 2.05) is 0 Å². The van der Waals surface area contributed by atoms with Crippen LogP contribution in [0, 0.1) is 11.7 Å². The summed E-state index contributed by atoms with van der Waals surface area (Å²) in [5, 5.41) is 2.53. The highest BCUT2D eigenvalue weighted by atomic mass is 32.2. The zero-order chi connectivity index (χ0) is 15.5. The molecule has 1 saturated heterocycles. The highest BCUT2D eigenvalue weighted by Crippen LogP contribution is 2.22. The average Bonchev–Trinajstić information content (AvgIpc) is 2.49. The maximum Gasteiger partial charge on any atom is 0.228 e. The number of halogens is 1. The van der Waals surface area contributed by atoms with Crippen LogP contribution in [-0.2, 0) is 14.8 Å². The summed E-state index contributed by atoms with van der Waals surface area (Å²) in [5.74, 6) is -1.26. The van der Waals surface area contributed by atoms with Gasteiger partial charge >= 0.3 is 0 Å². The largest absolute Gasteiger partial charge is 0.323 e. The predicted octanol–water partition coefficient (Wildman–Crippen LogP) is 1.83. The number of carbonyl (C=O) groups excluding carboxylic acids is 1. The average molecular weight is 314 g/mol. The summed E-state index contributed by atoms with van der Waals surface area (Å²) in [5.41, 5.74) is 0.123. The number of para-hydroxylation sites is 1. The van der Waals surface area contributed by atoms with Crippen LogP contribution >= 0.6 is 0 Å². The van der Waals surface area contributed by atoms with E-state index < -0.39 is 21.8 Å². The van der Waals surface area contributed by atoms with Crippen molar-refractivity contribution >= 4 is 21.6 Å². The van der Waals surface area contributed by atoms with Gasteiger partial charge in [0.1, 0.15) is 5.82 Å². The van der Waals surface area contributed by atoms with Crippen molar-refractivity contribution < 1.29 is 17.6 Å². The van der Waals surface area contributed by atoms with Gasteiger partial charge in [-0.3, -0.25) is 4.79 Å². The van der Waals surface area contributed by atoms with Crippen molar-refractivity contribution in [2.75, 3.05) is 24.2 Å². The van der Waals surface area contributed by atoms with Gasteiger partial charge in [0.15, 0.2) is 0 Å². The maximum atomic E-state index is 13.5.